The third-order valence-corrected chi connectivity index (χ3v) is 10.5. The summed E-state index contributed by atoms with van der Waals surface area (Å²) in [6, 6.07) is 0. The van der Waals surface area contributed by atoms with Crippen LogP contribution in [0.3, 0.4) is 0 Å². The van der Waals surface area contributed by atoms with Crippen molar-refractivity contribution in [3.8, 4) is 0 Å². The van der Waals surface area contributed by atoms with Gasteiger partial charge in [-0.05, 0) is 125 Å². The van der Waals surface area contributed by atoms with Crippen molar-refractivity contribution in [1.82, 2.24) is 0 Å². The third kappa shape index (κ3) is 10.7. The lowest BCUT2D eigenvalue weighted by Gasteiger charge is -2.49. The highest BCUT2D eigenvalue weighted by atomic mass is 16.4. The fraction of sp³-hybridized carbons (Fsp3) is 0.476. The Labute approximate surface area is 279 Å². The number of rotatable bonds is 13. The molecule has 0 spiro atoms. The first-order valence-corrected chi connectivity index (χ1v) is 16.8. The normalized spacial score (nSPS) is 26.8. The Morgan fingerprint density at radius 1 is 0.804 bits per heavy atom. The van der Waals surface area contributed by atoms with Gasteiger partial charge in [-0.15, -0.1) is 0 Å². The number of carboxylic acid groups (broad SMARTS) is 2. The highest BCUT2D eigenvalue weighted by Crippen LogP contribution is 2.55. The van der Waals surface area contributed by atoms with Crippen molar-refractivity contribution in [2.45, 2.75) is 108 Å². The predicted octanol–water partition coefficient (Wildman–Crippen LogP) is 11.5. The average Bonchev–Trinajstić information content (AvgIpc) is 2.95. The van der Waals surface area contributed by atoms with Crippen molar-refractivity contribution in [2.75, 3.05) is 0 Å². The summed E-state index contributed by atoms with van der Waals surface area (Å²) in [4.78, 5) is 21.8. The van der Waals surface area contributed by atoms with Crippen molar-refractivity contribution in [2.24, 2.45) is 22.7 Å². The molecule has 2 N–H and O–H groups in total. The molecule has 0 aromatic carbocycles. The molecular formula is C42H58O4. The summed E-state index contributed by atoms with van der Waals surface area (Å²) in [6.45, 7) is 22.1. The number of carboxylic acids is 2. The molecule has 0 fully saturated rings. The summed E-state index contributed by atoms with van der Waals surface area (Å²) >= 11 is 0. The molecule has 0 aromatic rings. The SMILES string of the molecule is CC[C@]1(C)CCC(C(C)[C@]2(C)CCCC(C)=C2/C=C/C(C)=C/C=C/C(C)=C/C(=O)O)C(C)=C1/C=C/C(C)=C/C=C/C(C)=C/C(=O)O. The van der Waals surface area contributed by atoms with Gasteiger partial charge in [0.1, 0.15) is 0 Å². The second-order valence-corrected chi connectivity index (χ2v) is 14.1. The van der Waals surface area contributed by atoms with Crippen molar-refractivity contribution < 1.29 is 19.8 Å². The van der Waals surface area contributed by atoms with Gasteiger partial charge in [0, 0.05) is 12.2 Å². The number of aliphatic carboxylic acids is 2. The van der Waals surface area contributed by atoms with Crippen LogP contribution in [0.25, 0.3) is 0 Å². The molecule has 0 radical (unpaired) electrons. The van der Waals surface area contributed by atoms with Crippen molar-refractivity contribution in [3.63, 3.8) is 0 Å². The molecule has 0 saturated heterocycles. The van der Waals surface area contributed by atoms with Gasteiger partial charge in [0.2, 0.25) is 0 Å². The first kappa shape index (κ1) is 38.5. The van der Waals surface area contributed by atoms with Gasteiger partial charge in [-0.25, -0.2) is 9.59 Å². The summed E-state index contributed by atoms with van der Waals surface area (Å²) in [5, 5.41) is 17.9. The van der Waals surface area contributed by atoms with Crippen LogP contribution in [0.5, 0.6) is 0 Å². The van der Waals surface area contributed by atoms with Crippen molar-refractivity contribution in [1.29, 1.82) is 0 Å². The number of hydrogen-bond donors (Lipinski definition) is 2. The second-order valence-electron chi connectivity index (χ2n) is 14.1. The van der Waals surface area contributed by atoms with Gasteiger partial charge >= 0.3 is 11.9 Å². The van der Waals surface area contributed by atoms with Gasteiger partial charge in [-0.3, -0.25) is 0 Å². The first-order valence-electron chi connectivity index (χ1n) is 16.8. The molecule has 2 aliphatic carbocycles. The number of carbonyl (C=O) groups is 2. The summed E-state index contributed by atoms with van der Waals surface area (Å²) in [6.07, 6.45) is 30.1. The standard InChI is InChI=1S/C42H58O4/c1-11-41(9)26-24-36(34(7)38(41)23-21-30(3)16-13-18-32(5)28-40(45)46)35(8)42(10)25-14-19-33(6)37(42)22-20-29(2)15-12-17-31(4)27-39(43)44/h12-13,15-18,20-23,27-28,35-36H,11,14,19,24-26H2,1-10H3,(H,43,44)(H,45,46)/b17-12+,18-13+,22-20+,23-21+,29-15+,30-16+,31-27+,32-28+/t35?,36?,41-,42+/m1/s1. The zero-order valence-corrected chi connectivity index (χ0v) is 30.0. The fourth-order valence-electron chi connectivity index (χ4n) is 7.28. The van der Waals surface area contributed by atoms with E-state index in [0.717, 1.165) is 24.0 Å². The Bertz CT molecular complexity index is 1450. The maximum absolute atomic E-state index is 10.9. The molecule has 4 nitrogen and oxygen atoms in total. The molecule has 46 heavy (non-hydrogen) atoms. The topological polar surface area (TPSA) is 74.6 Å². The van der Waals surface area contributed by atoms with Crippen LogP contribution in [0.2, 0.25) is 0 Å². The van der Waals surface area contributed by atoms with Crippen LogP contribution in [0.15, 0.2) is 117 Å². The lowest BCUT2D eigenvalue weighted by Crippen LogP contribution is -2.38. The molecule has 2 aliphatic rings. The Balaban J connectivity index is 2.42. The van der Waals surface area contributed by atoms with E-state index in [-0.39, 0.29) is 10.8 Å². The molecule has 0 heterocycles. The molecule has 0 bridgehead atoms. The minimum atomic E-state index is -0.931. The summed E-state index contributed by atoms with van der Waals surface area (Å²) in [5.41, 5.74) is 9.82. The van der Waals surface area contributed by atoms with Crippen LogP contribution in [0, 0.1) is 22.7 Å². The van der Waals surface area contributed by atoms with E-state index in [1.165, 1.54) is 60.1 Å². The zero-order valence-electron chi connectivity index (χ0n) is 30.0. The Morgan fingerprint density at radius 3 is 1.78 bits per heavy atom. The van der Waals surface area contributed by atoms with Gasteiger partial charge in [0.05, 0.1) is 0 Å². The summed E-state index contributed by atoms with van der Waals surface area (Å²) < 4.78 is 0. The Kier molecular flexibility index (Phi) is 14.5. The van der Waals surface area contributed by atoms with E-state index in [1.807, 2.05) is 36.5 Å². The molecule has 250 valence electrons. The average molecular weight is 627 g/mol. The van der Waals surface area contributed by atoms with Crippen molar-refractivity contribution >= 4 is 11.9 Å². The van der Waals surface area contributed by atoms with E-state index in [2.05, 4.69) is 79.7 Å². The third-order valence-electron chi connectivity index (χ3n) is 10.5. The quantitative estimate of drug-likeness (QED) is 0.158. The highest BCUT2D eigenvalue weighted by molar-refractivity contribution is 5.81. The minimum Gasteiger partial charge on any atom is -0.478 e. The van der Waals surface area contributed by atoms with Gasteiger partial charge in [0.15, 0.2) is 0 Å². The Hall–Kier alpha value is -3.66. The molecule has 0 saturated carbocycles. The lowest BCUT2D eigenvalue weighted by molar-refractivity contribution is -0.132. The molecule has 2 unspecified atom stereocenters. The van der Waals surface area contributed by atoms with E-state index in [0.29, 0.717) is 23.0 Å². The monoisotopic (exact) mass is 626 g/mol. The van der Waals surface area contributed by atoms with Crippen LogP contribution in [-0.2, 0) is 9.59 Å². The molecule has 4 atom stereocenters. The van der Waals surface area contributed by atoms with E-state index >= 15 is 0 Å². The van der Waals surface area contributed by atoms with Crippen LogP contribution in [0.4, 0.5) is 0 Å². The van der Waals surface area contributed by atoms with E-state index in [4.69, 9.17) is 10.2 Å². The van der Waals surface area contributed by atoms with Crippen LogP contribution in [-0.4, -0.2) is 22.2 Å². The largest absolute Gasteiger partial charge is 0.478 e. The van der Waals surface area contributed by atoms with E-state index in [9.17, 15) is 9.59 Å². The van der Waals surface area contributed by atoms with Crippen LogP contribution >= 0.6 is 0 Å². The smallest absolute Gasteiger partial charge is 0.328 e. The Morgan fingerprint density at radius 2 is 1.30 bits per heavy atom. The molecule has 0 aliphatic heterocycles. The molecule has 4 heteroatoms. The summed E-state index contributed by atoms with van der Waals surface area (Å²) in [7, 11) is 0. The van der Waals surface area contributed by atoms with E-state index in [1.54, 1.807) is 13.8 Å². The summed E-state index contributed by atoms with van der Waals surface area (Å²) in [5.74, 6) is -0.890. The molecule has 0 amide bonds. The second kappa shape index (κ2) is 17.3. The molecule has 2 rings (SSSR count). The van der Waals surface area contributed by atoms with Crippen molar-refractivity contribution in [3.05, 3.63) is 117 Å². The number of allylic oxidation sites excluding steroid dienone is 18. The van der Waals surface area contributed by atoms with Gasteiger partial charge < -0.3 is 10.2 Å². The number of hydrogen-bond acceptors (Lipinski definition) is 2. The predicted molar refractivity (Wildman–Crippen MR) is 195 cm³/mol. The van der Waals surface area contributed by atoms with Crippen LogP contribution < -0.4 is 0 Å². The van der Waals surface area contributed by atoms with E-state index < -0.39 is 11.9 Å². The highest BCUT2D eigenvalue weighted by Gasteiger charge is 2.44. The molecule has 0 aromatic heterocycles. The van der Waals surface area contributed by atoms with Gasteiger partial charge in [0.25, 0.3) is 0 Å². The first-order chi connectivity index (χ1) is 21.5. The fourth-order valence-corrected chi connectivity index (χ4v) is 7.28. The van der Waals surface area contributed by atoms with Crippen LogP contribution in [0.1, 0.15) is 108 Å². The minimum absolute atomic E-state index is 0.0679. The molecular weight excluding hydrogens is 568 g/mol. The maximum atomic E-state index is 10.9. The van der Waals surface area contributed by atoms with Gasteiger partial charge in [-0.1, -0.05) is 111 Å². The zero-order chi connectivity index (χ0) is 34.7. The lowest BCUT2D eigenvalue weighted by atomic mass is 9.56. The maximum Gasteiger partial charge on any atom is 0.328 e. The van der Waals surface area contributed by atoms with Gasteiger partial charge in [-0.2, -0.15) is 0 Å².